The molecule has 1 N–H and O–H groups in total. The lowest BCUT2D eigenvalue weighted by molar-refractivity contribution is -0.145. The maximum atomic E-state index is 13.6. The predicted octanol–water partition coefficient (Wildman–Crippen LogP) is 3.17. The predicted molar refractivity (Wildman–Crippen MR) is 91.9 cm³/mol. The fourth-order valence-corrected chi connectivity index (χ4v) is 3.69. The number of esters is 1. The standard InChI is InChI=1S/C18H20ClFN2O4/c19-13-5-3-6-14(20)12(13)11-26-15(23)7-4-10-22-16(24)18(21-17(22)25)8-1-2-9-18/h3,5-6H,1-2,4,7-11H2,(H,21,25). The zero-order valence-corrected chi connectivity index (χ0v) is 15.0. The molecule has 3 rings (SSSR count). The van der Waals surface area contributed by atoms with Crippen LogP contribution in [0.4, 0.5) is 9.18 Å². The summed E-state index contributed by atoms with van der Waals surface area (Å²) in [4.78, 5) is 37.5. The Labute approximate surface area is 155 Å². The SMILES string of the molecule is O=C(CCCN1C(=O)NC2(CCCC2)C1=O)OCc1c(F)cccc1Cl. The van der Waals surface area contributed by atoms with Crippen LogP contribution in [0.1, 0.15) is 44.1 Å². The van der Waals surface area contributed by atoms with Crippen molar-refractivity contribution < 1.29 is 23.5 Å². The van der Waals surface area contributed by atoms with E-state index in [1.807, 2.05) is 0 Å². The molecule has 0 radical (unpaired) electrons. The number of ether oxygens (including phenoxy) is 1. The van der Waals surface area contributed by atoms with Crippen LogP contribution in [0.25, 0.3) is 0 Å². The number of nitrogens with one attached hydrogen (secondary N) is 1. The smallest absolute Gasteiger partial charge is 0.325 e. The van der Waals surface area contributed by atoms with Crippen LogP contribution in [0.3, 0.4) is 0 Å². The Bertz CT molecular complexity index is 714. The number of nitrogens with zero attached hydrogens (tertiary/aromatic N) is 1. The molecular weight excluding hydrogens is 363 g/mol. The number of carbonyl (C=O) groups excluding carboxylic acids is 3. The van der Waals surface area contributed by atoms with E-state index in [1.165, 1.54) is 23.1 Å². The Hall–Kier alpha value is -2.15. The van der Waals surface area contributed by atoms with Crippen LogP contribution in [0.5, 0.6) is 0 Å². The number of hydrogen-bond donors (Lipinski definition) is 1. The minimum Gasteiger partial charge on any atom is -0.461 e. The van der Waals surface area contributed by atoms with Gasteiger partial charge in [0.25, 0.3) is 5.91 Å². The average molecular weight is 383 g/mol. The van der Waals surface area contributed by atoms with Crippen LogP contribution >= 0.6 is 11.6 Å². The molecule has 2 fully saturated rings. The number of halogens is 2. The fourth-order valence-electron chi connectivity index (χ4n) is 3.47. The molecule has 0 aromatic heterocycles. The lowest BCUT2D eigenvalue weighted by atomic mass is 9.98. The first-order valence-electron chi connectivity index (χ1n) is 8.65. The van der Waals surface area contributed by atoms with Gasteiger partial charge >= 0.3 is 12.0 Å². The molecule has 1 saturated heterocycles. The third-order valence-corrected chi connectivity index (χ3v) is 5.26. The summed E-state index contributed by atoms with van der Waals surface area (Å²) in [6.45, 7) is -0.0987. The molecule has 0 unspecified atom stereocenters. The summed E-state index contributed by atoms with van der Waals surface area (Å²) in [5.74, 6) is -1.27. The lowest BCUT2D eigenvalue weighted by Gasteiger charge is -2.19. The van der Waals surface area contributed by atoms with Gasteiger partial charge in [-0.25, -0.2) is 9.18 Å². The van der Waals surface area contributed by atoms with Gasteiger partial charge in [0, 0.05) is 18.5 Å². The molecule has 1 aromatic rings. The van der Waals surface area contributed by atoms with Crippen LogP contribution in [0.15, 0.2) is 18.2 Å². The summed E-state index contributed by atoms with van der Waals surface area (Å²) in [5.41, 5.74) is -0.612. The highest BCUT2D eigenvalue weighted by molar-refractivity contribution is 6.31. The Morgan fingerprint density at radius 3 is 2.73 bits per heavy atom. The molecule has 3 amide bonds. The third kappa shape index (κ3) is 3.67. The second kappa shape index (κ2) is 7.61. The summed E-state index contributed by atoms with van der Waals surface area (Å²) in [5, 5.41) is 2.98. The normalized spacial score (nSPS) is 18.5. The summed E-state index contributed by atoms with van der Waals surface area (Å²) in [6.07, 6.45) is 3.49. The van der Waals surface area contributed by atoms with Crippen LogP contribution in [-0.2, 0) is 20.9 Å². The van der Waals surface area contributed by atoms with Crippen molar-refractivity contribution in [3.8, 4) is 0 Å². The van der Waals surface area contributed by atoms with Crippen molar-refractivity contribution in [2.24, 2.45) is 0 Å². The Morgan fingerprint density at radius 1 is 1.31 bits per heavy atom. The zero-order valence-electron chi connectivity index (χ0n) is 14.2. The molecule has 26 heavy (non-hydrogen) atoms. The lowest BCUT2D eigenvalue weighted by Crippen LogP contribution is -2.44. The topological polar surface area (TPSA) is 75.7 Å². The molecule has 2 aliphatic rings. The summed E-state index contributed by atoms with van der Waals surface area (Å²) in [7, 11) is 0. The van der Waals surface area contributed by atoms with Crippen LogP contribution < -0.4 is 5.32 Å². The Kier molecular flexibility index (Phi) is 5.46. The van der Waals surface area contributed by atoms with Gasteiger partial charge in [0.2, 0.25) is 0 Å². The zero-order chi connectivity index (χ0) is 18.7. The maximum Gasteiger partial charge on any atom is 0.325 e. The number of hydrogen-bond acceptors (Lipinski definition) is 4. The summed E-state index contributed by atoms with van der Waals surface area (Å²) in [6, 6.07) is 3.83. The minimum atomic E-state index is -0.737. The van der Waals surface area contributed by atoms with Gasteiger partial charge in [0.1, 0.15) is 18.0 Å². The molecule has 6 nitrogen and oxygen atoms in total. The van der Waals surface area contributed by atoms with Crippen molar-refractivity contribution in [2.45, 2.75) is 50.7 Å². The van der Waals surface area contributed by atoms with Gasteiger partial charge in [-0.1, -0.05) is 30.5 Å². The molecule has 140 valence electrons. The number of urea groups is 1. The number of imide groups is 1. The molecule has 1 aliphatic heterocycles. The van der Waals surface area contributed by atoms with Gasteiger partial charge in [-0.05, 0) is 31.4 Å². The highest BCUT2D eigenvalue weighted by atomic mass is 35.5. The van der Waals surface area contributed by atoms with Gasteiger partial charge in [-0.2, -0.15) is 0 Å². The largest absolute Gasteiger partial charge is 0.461 e. The molecule has 0 atom stereocenters. The van der Waals surface area contributed by atoms with Gasteiger partial charge in [-0.3, -0.25) is 14.5 Å². The van der Waals surface area contributed by atoms with E-state index in [4.69, 9.17) is 16.3 Å². The van der Waals surface area contributed by atoms with Gasteiger partial charge in [0.05, 0.1) is 5.02 Å². The molecule has 0 bridgehead atoms. The molecule has 1 heterocycles. The number of rotatable bonds is 6. The van der Waals surface area contributed by atoms with Gasteiger partial charge < -0.3 is 10.1 Å². The Balaban J connectivity index is 1.45. The first kappa shape index (κ1) is 18.6. The summed E-state index contributed by atoms with van der Waals surface area (Å²) >= 11 is 5.87. The Morgan fingerprint density at radius 2 is 2.04 bits per heavy atom. The van der Waals surface area contributed by atoms with E-state index in [9.17, 15) is 18.8 Å². The van der Waals surface area contributed by atoms with E-state index in [2.05, 4.69) is 5.32 Å². The first-order valence-corrected chi connectivity index (χ1v) is 9.03. The van der Waals surface area contributed by atoms with E-state index in [1.54, 1.807) is 0 Å². The van der Waals surface area contributed by atoms with E-state index < -0.39 is 23.4 Å². The highest BCUT2D eigenvalue weighted by Gasteiger charge is 2.52. The van der Waals surface area contributed by atoms with Gasteiger partial charge in [-0.15, -0.1) is 0 Å². The van der Waals surface area contributed by atoms with Crippen molar-refractivity contribution >= 4 is 29.5 Å². The van der Waals surface area contributed by atoms with Crippen molar-refractivity contribution in [1.82, 2.24) is 10.2 Å². The molecule has 1 saturated carbocycles. The molecule has 1 aliphatic carbocycles. The van der Waals surface area contributed by atoms with Crippen molar-refractivity contribution in [3.05, 3.63) is 34.6 Å². The van der Waals surface area contributed by atoms with E-state index in [-0.39, 0.29) is 36.1 Å². The maximum absolute atomic E-state index is 13.6. The minimum absolute atomic E-state index is 0.0239. The van der Waals surface area contributed by atoms with Gasteiger partial charge in [0.15, 0.2) is 0 Å². The highest BCUT2D eigenvalue weighted by Crippen LogP contribution is 2.35. The van der Waals surface area contributed by atoms with Crippen molar-refractivity contribution in [3.63, 3.8) is 0 Å². The monoisotopic (exact) mass is 382 g/mol. The molecule has 1 spiro atoms. The van der Waals surface area contributed by atoms with E-state index in [0.29, 0.717) is 19.3 Å². The third-order valence-electron chi connectivity index (χ3n) is 4.90. The van der Waals surface area contributed by atoms with Crippen LogP contribution in [-0.4, -0.2) is 34.9 Å². The van der Waals surface area contributed by atoms with Crippen LogP contribution in [0.2, 0.25) is 5.02 Å². The van der Waals surface area contributed by atoms with Crippen molar-refractivity contribution in [2.75, 3.05) is 6.54 Å². The average Bonchev–Trinajstić information content (AvgIpc) is 3.15. The second-order valence-corrected chi connectivity index (χ2v) is 7.05. The number of benzene rings is 1. The van der Waals surface area contributed by atoms with Crippen LogP contribution in [0, 0.1) is 5.82 Å². The fraction of sp³-hybridized carbons (Fsp3) is 0.500. The second-order valence-electron chi connectivity index (χ2n) is 6.64. The molecule has 8 heteroatoms. The quantitative estimate of drug-likeness (QED) is 0.605. The number of amides is 3. The van der Waals surface area contributed by atoms with Crippen molar-refractivity contribution in [1.29, 1.82) is 0 Å². The van der Waals surface area contributed by atoms with E-state index in [0.717, 1.165) is 12.8 Å². The summed E-state index contributed by atoms with van der Waals surface area (Å²) < 4.78 is 18.7. The van der Waals surface area contributed by atoms with E-state index >= 15 is 0 Å². The first-order chi connectivity index (χ1) is 12.4. The molecular formula is C18H20ClFN2O4. The number of carbonyl (C=O) groups is 3. The molecule has 1 aromatic carbocycles.